The zero-order valence-electron chi connectivity index (χ0n) is 23.6. The van der Waals surface area contributed by atoms with Crippen LogP contribution in [0.1, 0.15) is 51.2 Å². The number of likely N-dealkylation sites (tertiary alicyclic amines) is 2. The van der Waals surface area contributed by atoms with Crippen LogP contribution in [0, 0.1) is 5.41 Å². The fourth-order valence-electron chi connectivity index (χ4n) is 5.94. The fourth-order valence-corrected chi connectivity index (χ4v) is 5.94. The molecule has 0 aromatic heterocycles. The lowest BCUT2D eigenvalue weighted by Crippen LogP contribution is -2.61. The van der Waals surface area contributed by atoms with Gasteiger partial charge in [-0.3, -0.25) is 9.69 Å². The molecule has 0 unspecified atom stereocenters. The van der Waals surface area contributed by atoms with Crippen molar-refractivity contribution in [2.45, 2.75) is 58.4 Å². The number of oxime groups is 1. The molecule has 1 spiro atoms. The smallest absolute Gasteiger partial charge is 0.417 e. The number of carboxylic acid groups (broad SMARTS) is 1. The first-order valence-corrected chi connectivity index (χ1v) is 14.0. The number of piperidine rings is 1. The topological polar surface area (TPSA) is 83.8 Å². The third-order valence-electron chi connectivity index (χ3n) is 8.23. The average molecular weight is 576 g/mol. The van der Waals surface area contributed by atoms with E-state index in [0.29, 0.717) is 82.3 Å². The number of carbonyl (C=O) groups is 1. The predicted octanol–water partition coefficient (Wildman–Crippen LogP) is 5.64. The van der Waals surface area contributed by atoms with Crippen molar-refractivity contribution in [3.63, 3.8) is 0 Å². The van der Waals surface area contributed by atoms with E-state index in [9.17, 15) is 23.1 Å². The molecule has 3 aliphatic rings. The number of nitrogens with zero attached hydrogens (tertiary/aromatic N) is 3. The predicted molar refractivity (Wildman–Crippen MR) is 147 cm³/mol. The minimum Gasteiger partial charge on any atom is -0.493 e. The van der Waals surface area contributed by atoms with Gasteiger partial charge in [0, 0.05) is 38.3 Å². The molecular weight excluding hydrogens is 539 g/mol. The van der Waals surface area contributed by atoms with Crippen molar-refractivity contribution in [1.82, 2.24) is 9.80 Å². The number of hydrogen-bond donors (Lipinski definition) is 1. The van der Waals surface area contributed by atoms with Gasteiger partial charge in [0.05, 0.1) is 36.2 Å². The Bertz CT molecular complexity index is 1290. The van der Waals surface area contributed by atoms with Crippen LogP contribution < -0.4 is 9.47 Å². The second-order valence-corrected chi connectivity index (χ2v) is 11.3. The van der Waals surface area contributed by atoms with Gasteiger partial charge in [-0.25, -0.2) is 0 Å². The van der Waals surface area contributed by atoms with Crippen LogP contribution in [0.5, 0.6) is 11.5 Å². The van der Waals surface area contributed by atoms with Crippen molar-refractivity contribution >= 4 is 11.8 Å². The Hall–Kier alpha value is -3.47. The molecule has 5 rings (SSSR count). The molecule has 1 N–H and O–H groups in total. The molecule has 0 aliphatic carbocycles. The van der Waals surface area contributed by atoms with Crippen LogP contribution in [-0.2, 0) is 22.4 Å². The molecule has 3 aliphatic heterocycles. The van der Waals surface area contributed by atoms with Crippen LogP contribution in [0.4, 0.5) is 13.2 Å². The summed E-state index contributed by atoms with van der Waals surface area (Å²) in [5.74, 6) is 0.802. The molecule has 2 saturated heterocycles. The second-order valence-electron chi connectivity index (χ2n) is 11.3. The molecule has 0 bridgehead atoms. The number of aliphatic carboxylic acids is 1. The summed E-state index contributed by atoms with van der Waals surface area (Å²) < 4.78 is 53.4. The van der Waals surface area contributed by atoms with Crippen LogP contribution in [-0.4, -0.2) is 71.7 Å². The summed E-state index contributed by atoms with van der Waals surface area (Å²) >= 11 is 0. The molecule has 0 atom stereocenters. The quantitative estimate of drug-likeness (QED) is 0.436. The summed E-state index contributed by atoms with van der Waals surface area (Å²) in [6, 6.07) is 9.06. The molecule has 11 heteroatoms. The second kappa shape index (κ2) is 11.1. The lowest BCUT2D eigenvalue weighted by Gasteiger charge is -2.45. The molecule has 3 heterocycles. The van der Waals surface area contributed by atoms with Crippen LogP contribution in [0.15, 0.2) is 41.6 Å². The van der Waals surface area contributed by atoms with Crippen molar-refractivity contribution < 1.29 is 37.4 Å². The third kappa shape index (κ3) is 5.82. The maximum absolute atomic E-state index is 13.9. The van der Waals surface area contributed by atoms with Crippen molar-refractivity contribution in [1.29, 1.82) is 0 Å². The highest BCUT2D eigenvalue weighted by molar-refractivity contribution is 5.85. The molecule has 0 saturated carbocycles. The minimum absolute atomic E-state index is 0.0202. The van der Waals surface area contributed by atoms with E-state index >= 15 is 0 Å². The van der Waals surface area contributed by atoms with Crippen LogP contribution in [0.2, 0.25) is 0 Å². The van der Waals surface area contributed by atoms with E-state index in [2.05, 4.69) is 15.0 Å². The minimum atomic E-state index is -4.53. The first-order valence-electron chi connectivity index (χ1n) is 14.0. The highest BCUT2D eigenvalue weighted by atomic mass is 19.4. The summed E-state index contributed by atoms with van der Waals surface area (Å²) in [5, 5.41) is 13.9. The van der Waals surface area contributed by atoms with E-state index in [4.69, 9.17) is 14.3 Å². The van der Waals surface area contributed by atoms with E-state index in [1.165, 1.54) is 12.1 Å². The molecule has 222 valence electrons. The van der Waals surface area contributed by atoms with Gasteiger partial charge in [-0.2, -0.15) is 13.2 Å². The van der Waals surface area contributed by atoms with Gasteiger partial charge in [0.15, 0.2) is 5.60 Å². The number of rotatable bonds is 8. The number of amidine groups is 1. The Kier molecular flexibility index (Phi) is 7.84. The van der Waals surface area contributed by atoms with E-state index in [0.717, 1.165) is 17.5 Å². The van der Waals surface area contributed by atoms with E-state index in [1.54, 1.807) is 39.0 Å². The lowest BCUT2D eigenvalue weighted by atomic mass is 9.80. The zero-order chi connectivity index (χ0) is 29.4. The van der Waals surface area contributed by atoms with Gasteiger partial charge in [-0.05, 0) is 57.4 Å². The molecule has 41 heavy (non-hydrogen) atoms. The maximum atomic E-state index is 13.9. The molecule has 0 radical (unpaired) electrons. The van der Waals surface area contributed by atoms with E-state index in [1.807, 2.05) is 0 Å². The highest BCUT2D eigenvalue weighted by Gasteiger charge is 2.51. The van der Waals surface area contributed by atoms with Gasteiger partial charge in [-0.1, -0.05) is 23.4 Å². The summed E-state index contributed by atoms with van der Waals surface area (Å²) in [4.78, 5) is 21.8. The zero-order valence-corrected chi connectivity index (χ0v) is 23.6. The van der Waals surface area contributed by atoms with Crippen molar-refractivity contribution in [3.8, 4) is 22.6 Å². The first kappa shape index (κ1) is 29.0. The third-order valence-corrected chi connectivity index (χ3v) is 8.23. The Morgan fingerprint density at radius 2 is 1.68 bits per heavy atom. The summed E-state index contributed by atoms with van der Waals surface area (Å²) in [6.45, 7) is 9.07. The number of hydrogen-bond acceptors (Lipinski definition) is 7. The Labute approximate surface area is 237 Å². The average Bonchev–Trinajstić information content (AvgIpc) is 3.34. The van der Waals surface area contributed by atoms with Crippen LogP contribution in [0.3, 0.4) is 0 Å². The standard InChI is InChI=1S/C30H36F3N3O5/c1-4-39-23-14-20(15-24(40-5-2)26(23)21-8-6-7-9-22(21)30(31,32)33)17-35-18-29(19-35)16-25(34-41-29)36-12-10-28(3,11-13-36)27(37)38/h6-9,14-15H,4-5,10-13,16-19H2,1-3H3,(H,37,38). The van der Waals surface area contributed by atoms with Gasteiger partial charge in [0.25, 0.3) is 0 Å². The lowest BCUT2D eigenvalue weighted by molar-refractivity contribution is -0.150. The summed E-state index contributed by atoms with van der Waals surface area (Å²) in [6.07, 6.45) is -2.74. The largest absolute Gasteiger partial charge is 0.493 e. The summed E-state index contributed by atoms with van der Waals surface area (Å²) in [5.41, 5.74) is -0.681. The maximum Gasteiger partial charge on any atom is 0.417 e. The number of alkyl halides is 3. The highest BCUT2D eigenvalue weighted by Crippen LogP contribution is 2.46. The Balaban J connectivity index is 1.29. The van der Waals surface area contributed by atoms with Gasteiger partial charge >= 0.3 is 12.1 Å². The SMILES string of the molecule is CCOc1cc(CN2CC3(CC(N4CCC(C)(C(=O)O)CC4)=NO3)C2)cc(OCC)c1-c1ccccc1C(F)(F)F. The van der Waals surface area contributed by atoms with Gasteiger partial charge in [0.2, 0.25) is 0 Å². The van der Waals surface area contributed by atoms with Gasteiger partial charge in [-0.15, -0.1) is 0 Å². The van der Waals surface area contributed by atoms with Gasteiger partial charge in [0.1, 0.15) is 17.3 Å². The first-order chi connectivity index (χ1) is 19.5. The van der Waals surface area contributed by atoms with E-state index < -0.39 is 28.7 Å². The Morgan fingerprint density at radius 1 is 1.07 bits per heavy atom. The van der Waals surface area contributed by atoms with Crippen molar-refractivity contribution in [3.05, 3.63) is 47.5 Å². The summed E-state index contributed by atoms with van der Waals surface area (Å²) in [7, 11) is 0. The number of ether oxygens (including phenoxy) is 2. The van der Waals surface area contributed by atoms with Gasteiger partial charge < -0.3 is 24.3 Å². The van der Waals surface area contributed by atoms with Crippen molar-refractivity contribution in [2.24, 2.45) is 10.6 Å². The molecule has 2 fully saturated rings. The molecular formula is C30H36F3N3O5. The fraction of sp³-hybridized carbons (Fsp3) is 0.533. The molecule has 2 aromatic rings. The number of benzene rings is 2. The van der Waals surface area contributed by atoms with Crippen molar-refractivity contribution in [2.75, 3.05) is 39.4 Å². The molecule has 2 aromatic carbocycles. The van der Waals surface area contributed by atoms with Crippen LogP contribution >= 0.6 is 0 Å². The normalized spacial score (nSPS) is 19.9. The monoisotopic (exact) mass is 575 g/mol. The molecule has 8 nitrogen and oxygen atoms in total. The Morgan fingerprint density at radius 3 is 2.24 bits per heavy atom. The number of halogens is 3. The van der Waals surface area contributed by atoms with E-state index in [-0.39, 0.29) is 5.56 Å². The molecule has 0 amide bonds. The number of carboxylic acids is 1. The van der Waals surface area contributed by atoms with Crippen LogP contribution in [0.25, 0.3) is 11.1 Å².